The molecule has 0 bridgehead atoms. The van der Waals surface area contributed by atoms with Gasteiger partial charge in [0.25, 0.3) is 0 Å². The lowest BCUT2D eigenvalue weighted by Crippen LogP contribution is -2.22. The Kier molecular flexibility index (Phi) is 9.07. The fraction of sp³-hybridized carbons (Fsp3) is 0.241. The minimum atomic E-state index is -0.706. The summed E-state index contributed by atoms with van der Waals surface area (Å²) in [5.41, 5.74) is 2.66. The fourth-order valence-electron chi connectivity index (χ4n) is 4.05. The molecule has 2 amide bonds. The van der Waals surface area contributed by atoms with Gasteiger partial charge in [0.1, 0.15) is 17.3 Å². The van der Waals surface area contributed by atoms with Gasteiger partial charge in [-0.25, -0.2) is 18.7 Å². The first kappa shape index (κ1) is 28.2. The average Bonchev–Trinajstić information content (AvgIpc) is 3.45. The maximum atomic E-state index is 15.0. The zero-order valence-electron chi connectivity index (χ0n) is 22.7. The molecule has 0 radical (unpaired) electrons. The van der Waals surface area contributed by atoms with E-state index in [1.54, 1.807) is 60.5 Å². The summed E-state index contributed by atoms with van der Waals surface area (Å²) < 4.78 is 27.5. The number of ether oxygens (including phenoxy) is 2. The van der Waals surface area contributed by atoms with Gasteiger partial charge in [-0.15, -0.1) is 0 Å². The third-order valence-electron chi connectivity index (χ3n) is 5.82. The van der Waals surface area contributed by atoms with Crippen LogP contribution in [0.3, 0.4) is 0 Å². The van der Waals surface area contributed by atoms with Gasteiger partial charge >= 0.3 is 12.0 Å². The van der Waals surface area contributed by atoms with Gasteiger partial charge in [-0.3, -0.25) is 4.98 Å². The molecule has 0 atom stereocenters. The second-order valence-corrected chi connectivity index (χ2v) is 9.12. The van der Waals surface area contributed by atoms with E-state index < -0.39 is 17.8 Å². The van der Waals surface area contributed by atoms with Crippen LogP contribution < -0.4 is 20.7 Å². The molecule has 4 rings (SSSR count). The van der Waals surface area contributed by atoms with Crippen molar-refractivity contribution in [3.05, 3.63) is 89.8 Å². The Labute approximate surface area is 231 Å². The van der Waals surface area contributed by atoms with Crippen LogP contribution in [-0.4, -0.2) is 40.4 Å². The second kappa shape index (κ2) is 12.9. The van der Waals surface area contributed by atoms with Crippen molar-refractivity contribution in [3.8, 4) is 17.2 Å². The molecule has 0 spiro atoms. The molecule has 2 heterocycles. The van der Waals surface area contributed by atoms with Crippen LogP contribution in [0.2, 0.25) is 0 Å². The Balaban J connectivity index is 1.57. The number of nitrogens with one attached hydrogen (secondary N) is 3. The van der Waals surface area contributed by atoms with E-state index >= 15 is 0 Å². The molecule has 0 aliphatic rings. The topological polar surface area (TPSA) is 119 Å². The molecule has 11 heteroatoms. The van der Waals surface area contributed by atoms with Crippen LogP contribution in [0.1, 0.15) is 48.3 Å². The summed E-state index contributed by atoms with van der Waals surface area (Å²) >= 11 is 0. The van der Waals surface area contributed by atoms with Crippen molar-refractivity contribution in [1.82, 2.24) is 20.1 Å². The lowest BCUT2D eigenvalue weighted by atomic mass is 9.97. The highest BCUT2D eigenvalue weighted by Gasteiger charge is 2.21. The number of anilines is 2. The standard InChI is InChI=1S/C29H31FN6O4/c1-5-39-28(37)19-13-23(18(2)3)27(36-12-6-10-33-36)26(14-19)35-29(38)34-25-8-7-21(16-24(25)30)40-22-9-11-32-20(15-22)17-31-4/h6-16,18,31H,5,17H2,1-4H3,(H2,34,35,38). The van der Waals surface area contributed by atoms with Crippen molar-refractivity contribution in [1.29, 1.82) is 0 Å². The van der Waals surface area contributed by atoms with Crippen LogP contribution in [0.25, 0.3) is 5.69 Å². The van der Waals surface area contributed by atoms with Crippen molar-refractivity contribution in [3.63, 3.8) is 0 Å². The van der Waals surface area contributed by atoms with Gasteiger partial charge in [-0.1, -0.05) is 13.8 Å². The van der Waals surface area contributed by atoms with Crippen LogP contribution in [0.5, 0.6) is 11.5 Å². The third kappa shape index (κ3) is 6.80. The van der Waals surface area contributed by atoms with Crippen molar-refractivity contribution >= 4 is 23.4 Å². The molecule has 2 aromatic heterocycles. The summed E-state index contributed by atoms with van der Waals surface area (Å²) in [7, 11) is 1.81. The number of amides is 2. The van der Waals surface area contributed by atoms with Gasteiger partial charge in [0.15, 0.2) is 0 Å². The monoisotopic (exact) mass is 546 g/mol. The number of rotatable bonds is 10. The Morgan fingerprint density at radius 1 is 1.02 bits per heavy atom. The SMILES string of the molecule is CCOC(=O)c1cc(NC(=O)Nc2ccc(Oc3ccnc(CNC)c3)cc2F)c(-n2cccn2)c(C(C)C)c1. The molecule has 10 nitrogen and oxygen atoms in total. The summed E-state index contributed by atoms with van der Waals surface area (Å²) in [6.07, 6.45) is 4.95. The van der Waals surface area contributed by atoms with Gasteiger partial charge in [0.05, 0.1) is 34.9 Å². The van der Waals surface area contributed by atoms with Crippen LogP contribution in [-0.2, 0) is 11.3 Å². The number of pyridine rings is 1. The minimum absolute atomic E-state index is 0.0168. The molecule has 208 valence electrons. The number of carbonyl (C=O) groups excluding carboxylic acids is 2. The number of carbonyl (C=O) groups is 2. The third-order valence-corrected chi connectivity index (χ3v) is 5.82. The molecule has 0 aliphatic carbocycles. The molecule has 3 N–H and O–H groups in total. The predicted molar refractivity (Wildman–Crippen MR) is 150 cm³/mol. The van der Waals surface area contributed by atoms with Gasteiger partial charge < -0.3 is 25.4 Å². The number of benzene rings is 2. The van der Waals surface area contributed by atoms with E-state index in [9.17, 15) is 14.0 Å². The molecule has 4 aromatic rings. The second-order valence-electron chi connectivity index (χ2n) is 9.12. The molecule has 2 aromatic carbocycles. The van der Waals surface area contributed by atoms with Crippen molar-refractivity contribution in [2.75, 3.05) is 24.3 Å². The van der Waals surface area contributed by atoms with Crippen LogP contribution in [0.4, 0.5) is 20.6 Å². The molecular weight excluding hydrogens is 515 g/mol. The van der Waals surface area contributed by atoms with Gasteiger partial charge in [0, 0.05) is 37.3 Å². The van der Waals surface area contributed by atoms with E-state index in [1.165, 1.54) is 18.2 Å². The van der Waals surface area contributed by atoms with Crippen molar-refractivity contribution in [2.24, 2.45) is 0 Å². The van der Waals surface area contributed by atoms with E-state index in [0.717, 1.165) is 11.3 Å². The summed E-state index contributed by atoms with van der Waals surface area (Å²) in [4.78, 5) is 29.8. The number of halogens is 1. The Morgan fingerprint density at radius 2 is 1.80 bits per heavy atom. The highest BCUT2D eigenvalue weighted by atomic mass is 19.1. The lowest BCUT2D eigenvalue weighted by molar-refractivity contribution is 0.0526. The number of hydrogen-bond acceptors (Lipinski definition) is 7. The highest BCUT2D eigenvalue weighted by molar-refractivity contribution is 6.02. The Morgan fingerprint density at radius 3 is 2.48 bits per heavy atom. The highest BCUT2D eigenvalue weighted by Crippen LogP contribution is 2.32. The summed E-state index contributed by atoms with van der Waals surface area (Å²) in [6.45, 7) is 6.42. The number of hydrogen-bond donors (Lipinski definition) is 3. The van der Waals surface area contributed by atoms with Crippen molar-refractivity contribution in [2.45, 2.75) is 33.2 Å². The van der Waals surface area contributed by atoms with Gasteiger partial charge in [-0.2, -0.15) is 5.10 Å². The summed E-state index contributed by atoms with van der Waals surface area (Å²) in [5, 5.41) is 12.6. The molecule has 0 saturated heterocycles. The normalized spacial score (nSPS) is 10.8. The molecule has 0 aliphatic heterocycles. The summed E-state index contributed by atoms with van der Waals surface area (Å²) in [5.74, 6) is -0.459. The Bertz CT molecular complexity index is 1490. The number of nitrogens with zero attached hydrogens (tertiary/aromatic N) is 3. The first-order chi connectivity index (χ1) is 19.3. The van der Waals surface area contributed by atoms with E-state index in [0.29, 0.717) is 23.7 Å². The van der Waals surface area contributed by atoms with E-state index in [2.05, 4.69) is 26.0 Å². The molecule has 40 heavy (non-hydrogen) atoms. The first-order valence-electron chi connectivity index (χ1n) is 12.8. The lowest BCUT2D eigenvalue weighted by Gasteiger charge is -2.20. The van der Waals surface area contributed by atoms with Crippen LogP contribution in [0, 0.1) is 5.82 Å². The van der Waals surface area contributed by atoms with Crippen LogP contribution in [0.15, 0.2) is 67.1 Å². The van der Waals surface area contributed by atoms with Crippen LogP contribution >= 0.6 is 0 Å². The minimum Gasteiger partial charge on any atom is -0.462 e. The maximum absolute atomic E-state index is 15.0. The van der Waals surface area contributed by atoms with E-state index in [4.69, 9.17) is 9.47 Å². The zero-order chi connectivity index (χ0) is 28.6. The van der Waals surface area contributed by atoms with Gasteiger partial charge in [-0.05, 0) is 61.9 Å². The number of aromatic nitrogens is 3. The maximum Gasteiger partial charge on any atom is 0.338 e. The van der Waals surface area contributed by atoms with Crippen molar-refractivity contribution < 1.29 is 23.5 Å². The fourth-order valence-corrected chi connectivity index (χ4v) is 4.05. The molecule has 0 fully saturated rings. The first-order valence-corrected chi connectivity index (χ1v) is 12.8. The smallest absolute Gasteiger partial charge is 0.338 e. The molecule has 0 unspecified atom stereocenters. The van der Waals surface area contributed by atoms with Gasteiger partial charge in [0.2, 0.25) is 0 Å². The molecular formula is C29H31FN6O4. The zero-order valence-corrected chi connectivity index (χ0v) is 22.7. The van der Waals surface area contributed by atoms with E-state index in [-0.39, 0.29) is 29.5 Å². The van der Waals surface area contributed by atoms with E-state index in [1.807, 2.05) is 20.9 Å². The largest absolute Gasteiger partial charge is 0.462 e. The average molecular weight is 547 g/mol. The predicted octanol–water partition coefficient (Wildman–Crippen LogP) is 5.86. The summed E-state index contributed by atoms with van der Waals surface area (Å²) in [6, 6.07) is 11.8. The quantitative estimate of drug-likeness (QED) is 0.213. The number of esters is 1. The number of urea groups is 1. The molecule has 0 saturated carbocycles. The Hall–Kier alpha value is -4.77.